The average molecular weight is 532 g/mol. The normalized spacial score (nSPS) is 28.8. The fourth-order valence-corrected chi connectivity index (χ4v) is 6.33. The van der Waals surface area contributed by atoms with Gasteiger partial charge in [-0.2, -0.15) is 0 Å². The summed E-state index contributed by atoms with van der Waals surface area (Å²) in [6.07, 6.45) is 4.51. The number of nitrogens with one attached hydrogen (secondary N) is 3. The van der Waals surface area contributed by atoms with Gasteiger partial charge in [-0.25, -0.2) is 9.98 Å². The molecular formula is C27H33N9O3. The van der Waals surface area contributed by atoms with E-state index < -0.39 is 29.9 Å². The number of aliphatic hydroxyl groups is 1. The molecule has 8 N–H and O–H groups in total. The molecule has 5 atom stereocenters. The van der Waals surface area contributed by atoms with Crippen molar-refractivity contribution in [1.82, 2.24) is 25.8 Å². The summed E-state index contributed by atoms with van der Waals surface area (Å²) in [7, 11) is 0. The molecule has 1 aliphatic carbocycles. The van der Waals surface area contributed by atoms with E-state index in [1.807, 2.05) is 25.1 Å². The maximum atomic E-state index is 13.4. The highest BCUT2D eigenvalue weighted by Crippen LogP contribution is 2.40. The Morgan fingerprint density at radius 1 is 1.15 bits per heavy atom. The number of hydrogen-bond donors (Lipinski definition) is 6. The van der Waals surface area contributed by atoms with Crippen molar-refractivity contribution in [1.29, 1.82) is 0 Å². The van der Waals surface area contributed by atoms with E-state index in [0.717, 1.165) is 36.8 Å². The summed E-state index contributed by atoms with van der Waals surface area (Å²) in [4.78, 5) is 41.2. The zero-order valence-electron chi connectivity index (χ0n) is 21.7. The van der Waals surface area contributed by atoms with Crippen molar-refractivity contribution in [3.05, 3.63) is 64.5 Å². The van der Waals surface area contributed by atoms with Crippen molar-refractivity contribution < 1.29 is 14.7 Å². The van der Waals surface area contributed by atoms with Gasteiger partial charge in [0, 0.05) is 24.8 Å². The fourth-order valence-electron chi connectivity index (χ4n) is 6.33. The predicted molar refractivity (Wildman–Crippen MR) is 145 cm³/mol. The number of aliphatic imine (C=N–C) groups is 2. The summed E-state index contributed by atoms with van der Waals surface area (Å²) >= 11 is 0. The summed E-state index contributed by atoms with van der Waals surface area (Å²) < 4.78 is 0. The molecule has 0 bridgehead atoms. The Balaban J connectivity index is 1.22. The van der Waals surface area contributed by atoms with Gasteiger partial charge in [0.25, 0.3) is 11.8 Å². The van der Waals surface area contributed by atoms with Crippen LogP contribution in [-0.4, -0.2) is 81.7 Å². The molecule has 1 aromatic carbocycles. The van der Waals surface area contributed by atoms with Crippen LogP contribution in [0, 0.1) is 6.92 Å². The molecule has 1 unspecified atom stereocenters. The number of rotatable bonds is 5. The number of carbonyl (C=O) groups is 2. The third-order valence-corrected chi connectivity index (χ3v) is 8.23. The lowest BCUT2D eigenvalue weighted by Gasteiger charge is -2.46. The van der Waals surface area contributed by atoms with Crippen molar-refractivity contribution in [2.45, 2.75) is 62.5 Å². The highest BCUT2D eigenvalue weighted by Gasteiger charge is 2.65. The number of amides is 2. The van der Waals surface area contributed by atoms with Crippen LogP contribution in [0.25, 0.3) is 0 Å². The van der Waals surface area contributed by atoms with E-state index in [-0.39, 0.29) is 42.5 Å². The van der Waals surface area contributed by atoms with Gasteiger partial charge in [-0.15, -0.1) is 0 Å². The Hall–Kier alpha value is -4.19. The first-order valence-electron chi connectivity index (χ1n) is 13.3. The van der Waals surface area contributed by atoms with Crippen LogP contribution in [0.2, 0.25) is 0 Å². The van der Waals surface area contributed by atoms with E-state index in [4.69, 9.17) is 11.5 Å². The van der Waals surface area contributed by atoms with Gasteiger partial charge >= 0.3 is 0 Å². The van der Waals surface area contributed by atoms with E-state index in [1.54, 1.807) is 17.2 Å². The predicted octanol–water partition coefficient (Wildman–Crippen LogP) is -0.847. The van der Waals surface area contributed by atoms with Gasteiger partial charge < -0.3 is 37.4 Å². The van der Waals surface area contributed by atoms with Gasteiger partial charge in [-0.1, -0.05) is 18.2 Å². The first-order chi connectivity index (χ1) is 18.8. The number of nitrogens with two attached hydrogens (primary N) is 2. The fraction of sp³-hybridized carbons (Fsp3) is 0.444. The van der Waals surface area contributed by atoms with E-state index in [1.165, 1.54) is 5.56 Å². The molecule has 204 valence electrons. The number of aryl methyl sites for hydroxylation is 2. The lowest BCUT2D eigenvalue weighted by molar-refractivity contribution is 0.0144. The number of carbonyl (C=O) groups excluding carboxylic acids is 2. The van der Waals surface area contributed by atoms with Crippen LogP contribution < -0.4 is 27.4 Å². The minimum Gasteiger partial charge on any atom is -0.386 e. The molecule has 2 aromatic rings. The number of aliphatic hydroxyl groups excluding tert-OH is 1. The summed E-state index contributed by atoms with van der Waals surface area (Å²) in [6.45, 7) is 2.22. The molecule has 1 aromatic heterocycles. The van der Waals surface area contributed by atoms with E-state index in [9.17, 15) is 14.7 Å². The molecule has 12 heteroatoms. The molecule has 2 amide bonds. The van der Waals surface area contributed by atoms with Crippen LogP contribution in [0.15, 0.2) is 46.5 Å². The molecule has 1 saturated heterocycles. The average Bonchev–Trinajstić information content (AvgIpc) is 3.43. The molecule has 6 rings (SSSR count). The third kappa shape index (κ3) is 4.15. The van der Waals surface area contributed by atoms with Gasteiger partial charge in [0.2, 0.25) is 0 Å². The molecule has 0 radical (unpaired) electrons. The molecular weight excluding hydrogens is 498 g/mol. The summed E-state index contributed by atoms with van der Waals surface area (Å²) in [6, 6.07) is 7.36. The second kappa shape index (κ2) is 9.53. The van der Waals surface area contributed by atoms with Crippen LogP contribution in [0.5, 0.6) is 0 Å². The number of benzene rings is 1. The van der Waals surface area contributed by atoms with Crippen LogP contribution in [0.1, 0.15) is 50.4 Å². The quantitative estimate of drug-likeness (QED) is 0.288. The third-order valence-electron chi connectivity index (χ3n) is 8.23. The van der Waals surface area contributed by atoms with Gasteiger partial charge in [0.05, 0.1) is 12.1 Å². The minimum absolute atomic E-state index is 0.105. The minimum atomic E-state index is -1.21. The van der Waals surface area contributed by atoms with Gasteiger partial charge in [0.15, 0.2) is 17.6 Å². The van der Waals surface area contributed by atoms with Crippen molar-refractivity contribution in [3.63, 3.8) is 0 Å². The number of pyridine rings is 1. The molecule has 1 fully saturated rings. The molecule has 0 saturated carbocycles. The number of nitrogens with zero attached hydrogens (tertiary/aromatic N) is 4. The maximum absolute atomic E-state index is 13.4. The Kier molecular flexibility index (Phi) is 6.13. The zero-order chi connectivity index (χ0) is 27.3. The van der Waals surface area contributed by atoms with E-state index in [0.29, 0.717) is 5.56 Å². The molecule has 4 aliphatic rings. The Morgan fingerprint density at radius 3 is 2.77 bits per heavy atom. The second-order valence-corrected chi connectivity index (χ2v) is 10.7. The topological polar surface area (TPSA) is 183 Å². The number of guanidine groups is 2. The molecule has 39 heavy (non-hydrogen) atoms. The van der Waals surface area contributed by atoms with Crippen LogP contribution in [0.3, 0.4) is 0 Å². The first-order valence-corrected chi connectivity index (χ1v) is 13.3. The zero-order valence-corrected chi connectivity index (χ0v) is 21.7. The summed E-state index contributed by atoms with van der Waals surface area (Å²) in [5.41, 5.74) is 15.5. The van der Waals surface area contributed by atoms with Gasteiger partial charge in [-0.05, 0) is 61.4 Å². The largest absolute Gasteiger partial charge is 0.386 e. The van der Waals surface area contributed by atoms with Crippen molar-refractivity contribution in [3.8, 4) is 0 Å². The lowest BCUT2D eigenvalue weighted by Crippen LogP contribution is -2.73. The Bertz CT molecular complexity index is 1380. The highest BCUT2D eigenvalue weighted by atomic mass is 16.3. The van der Waals surface area contributed by atoms with Crippen LogP contribution in [0.4, 0.5) is 0 Å². The van der Waals surface area contributed by atoms with Gasteiger partial charge in [0.1, 0.15) is 17.8 Å². The SMILES string of the molecule is Cc1ccc(C(=O)NC[C@@H]2N=C(N)N3CC(NC(=O)c4cccc5c4CCCC5)[C@@H](O)[C@@]34NC(N)=N[C@@H]24)nc1. The number of fused-ring (bicyclic) bond motifs is 1. The summed E-state index contributed by atoms with van der Waals surface area (Å²) in [5, 5.41) is 20.7. The molecule has 12 nitrogen and oxygen atoms in total. The molecule has 1 spiro atoms. The van der Waals surface area contributed by atoms with E-state index >= 15 is 0 Å². The van der Waals surface area contributed by atoms with Crippen LogP contribution in [-0.2, 0) is 12.8 Å². The highest BCUT2D eigenvalue weighted by molar-refractivity contribution is 5.97. The van der Waals surface area contributed by atoms with Gasteiger partial charge in [-0.3, -0.25) is 14.6 Å². The molecule has 3 aliphatic heterocycles. The number of aromatic nitrogens is 1. The molecule has 4 heterocycles. The Labute approximate surface area is 226 Å². The Morgan fingerprint density at radius 2 is 1.97 bits per heavy atom. The summed E-state index contributed by atoms with van der Waals surface area (Å²) in [5.74, 6) is -0.285. The van der Waals surface area contributed by atoms with Crippen LogP contribution >= 0.6 is 0 Å². The van der Waals surface area contributed by atoms with Crippen molar-refractivity contribution in [2.24, 2.45) is 21.5 Å². The van der Waals surface area contributed by atoms with Crippen molar-refractivity contribution >= 4 is 23.7 Å². The number of hydrogen-bond acceptors (Lipinski definition) is 10. The maximum Gasteiger partial charge on any atom is 0.269 e. The standard InChI is InChI=1S/C27H33N9O3/c1-14-9-10-18(30-11-14)24(39)31-12-19-21-27(35-25(28)34-21)22(37)20(13-36(27)26(29)33-19)32-23(38)17-8-4-6-15-5-2-3-7-16(15)17/h4,6,8-11,19-22,37H,2-3,5,7,12-13H2,1H3,(H2,29,33)(H,31,39)(H,32,38)(H3,28,34,35)/t19-,20?,21-,22+,27-/m0/s1. The monoisotopic (exact) mass is 531 g/mol. The van der Waals surface area contributed by atoms with E-state index in [2.05, 4.69) is 37.0 Å². The second-order valence-electron chi connectivity index (χ2n) is 10.7. The lowest BCUT2D eigenvalue weighted by atomic mass is 9.87. The first kappa shape index (κ1) is 25.1. The smallest absolute Gasteiger partial charge is 0.269 e. The van der Waals surface area contributed by atoms with Crippen molar-refractivity contribution in [2.75, 3.05) is 13.1 Å².